The van der Waals surface area contributed by atoms with Gasteiger partial charge in [-0.25, -0.2) is 0 Å². The monoisotopic (exact) mass is 194 g/mol. The average molecular weight is 194 g/mol. The first kappa shape index (κ1) is 12.3. The molecule has 0 bridgehead atoms. The fourth-order valence-electron chi connectivity index (χ4n) is 0.815. The van der Waals surface area contributed by atoms with Gasteiger partial charge >= 0.3 is 76.2 Å². The number of methoxy groups -OCH3 is 1. The van der Waals surface area contributed by atoms with Gasteiger partial charge < -0.3 is 0 Å². The van der Waals surface area contributed by atoms with Gasteiger partial charge in [-0.15, -0.1) is 0 Å². The van der Waals surface area contributed by atoms with Gasteiger partial charge in [0.1, 0.15) is 0 Å². The molecule has 0 aromatic carbocycles. The molecule has 0 aromatic rings. The first-order valence-electron chi connectivity index (χ1n) is 4.62. The first-order valence-corrected chi connectivity index (χ1v) is 7.90. The predicted octanol–water partition coefficient (Wildman–Crippen LogP) is 2.37. The quantitative estimate of drug-likeness (QED) is 0.494. The van der Waals surface area contributed by atoms with Crippen LogP contribution in [0.4, 0.5) is 0 Å². The molecule has 0 aliphatic carbocycles. The van der Waals surface area contributed by atoms with Crippen molar-refractivity contribution in [1.82, 2.24) is 0 Å². The second-order valence-corrected chi connectivity index (χ2v) is 9.42. The average Bonchev–Trinajstić information content (AvgIpc) is 2.04. The molecule has 12 heavy (non-hydrogen) atoms. The third-order valence-electron chi connectivity index (χ3n) is 2.74. The van der Waals surface area contributed by atoms with Crippen LogP contribution < -0.4 is 0 Å². The number of hydrogen-bond donors (Lipinski definition) is 0. The van der Waals surface area contributed by atoms with Crippen molar-refractivity contribution in [3.63, 3.8) is 0 Å². The molecule has 0 fully saturated rings. The summed E-state index contributed by atoms with van der Waals surface area (Å²) in [5, 5.41) is 0. The Labute approximate surface area is 77.0 Å². The van der Waals surface area contributed by atoms with Crippen molar-refractivity contribution < 1.29 is 9.47 Å². The molecular weight excluding hydrogens is 171 g/mol. The fraction of sp³-hybridized carbons (Fsp3) is 1.00. The van der Waals surface area contributed by atoms with Crippen molar-refractivity contribution in [3.05, 3.63) is 0 Å². The Morgan fingerprint density at radius 3 is 2.08 bits per heavy atom. The Kier molecular flexibility index (Phi) is 5.31. The Morgan fingerprint density at radius 2 is 1.75 bits per heavy atom. The molecule has 2 unspecified atom stereocenters. The maximum atomic E-state index is 5.69. The van der Waals surface area contributed by atoms with Crippen molar-refractivity contribution in [2.45, 2.75) is 32.9 Å². The molecule has 0 spiro atoms. The van der Waals surface area contributed by atoms with Gasteiger partial charge in [-0.1, -0.05) is 0 Å². The molecule has 0 N–H and O–H groups in total. The summed E-state index contributed by atoms with van der Waals surface area (Å²) in [4.78, 5) is 0. The van der Waals surface area contributed by atoms with Crippen LogP contribution in [0, 0.1) is 0 Å². The second-order valence-electron chi connectivity index (χ2n) is 3.92. The molecule has 0 aromatic heterocycles. The van der Waals surface area contributed by atoms with Gasteiger partial charge in [0.05, 0.1) is 0 Å². The van der Waals surface area contributed by atoms with Gasteiger partial charge in [-0.3, -0.25) is 0 Å². The van der Waals surface area contributed by atoms with Crippen LogP contribution in [-0.2, 0) is 9.47 Å². The van der Waals surface area contributed by atoms with E-state index in [2.05, 4.69) is 27.2 Å². The van der Waals surface area contributed by atoms with Crippen LogP contribution in [0.25, 0.3) is 0 Å². The van der Waals surface area contributed by atoms with Gasteiger partial charge in [0.2, 0.25) is 0 Å². The zero-order valence-electron chi connectivity index (χ0n) is 9.18. The molecule has 0 heterocycles. The fourth-order valence-corrected chi connectivity index (χ4v) is 1.95. The first-order chi connectivity index (χ1) is 5.44. The summed E-state index contributed by atoms with van der Waals surface area (Å²) < 4.78 is 10.8. The topological polar surface area (TPSA) is 18.5 Å². The predicted molar refractivity (Wildman–Crippen MR) is 57.7 cm³/mol. The Bertz CT molecular complexity index is 126. The SMILES string of the molecule is CC[PH](C)(C)C(C)OC(C)OC. The van der Waals surface area contributed by atoms with Crippen LogP contribution in [0.5, 0.6) is 0 Å². The summed E-state index contributed by atoms with van der Waals surface area (Å²) in [6, 6.07) is 0. The molecular formula is C9H23O2P. The zero-order chi connectivity index (χ0) is 9.78. The van der Waals surface area contributed by atoms with Crippen molar-refractivity contribution in [1.29, 1.82) is 0 Å². The molecule has 0 saturated heterocycles. The van der Waals surface area contributed by atoms with Crippen LogP contribution >= 0.6 is 7.26 Å². The van der Waals surface area contributed by atoms with E-state index in [-0.39, 0.29) is 6.29 Å². The van der Waals surface area contributed by atoms with Crippen LogP contribution in [0.1, 0.15) is 20.8 Å². The molecule has 0 aliphatic heterocycles. The molecule has 3 heteroatoms. The van der Waals surface area contributed by atoms with E-state index < -0.39 is 7.26 Å². The van der Waals surface area contributed by atoms with E-state index in [4.69, 9.17) is 9.47 Å². The van der Waals surface area contributed by atoms with E-state index in [0.717, 1.165) is 0 Å². The van der Waals surface area contributed by atoms with E-state index in [1.54, 1.807) is 7.11 Å². The molecule has 0 radical (unpaired) electrons. The number of ether oxygens (including phenoxy) is 2. The number of hydrogen-bond acceptors (Lipinski definition) is 2. The van der Waals surface area contributed by atoms with Gasteiger partial charge in [0.25, 0.3) is 0 Å². The minimum atomic E-state index is -1.16. The van der Waals surface area contributed by atoms with E-state index in [1.807, 2.05) is 6.92 Å². The van der Waals surface area contributed by atoms with Gasteiger partial charge in [-0.2, -0.15) is 0 Å². The van der Waals surface area contributed by atoms with E-state index >= 15 is 0 Å². The standard InChI is InChI=1S/C9H23O2P/c1-7-12(5,6)9(3)11-8(2)10-4/h8-9,12H,7H2,1-6H3. The summed E-state index contributed by atoms with van der Waals surface area (Å²) in [7, 11) is 0.517. The second kappa shape index (κ2) is 5.16. The third-order valence-corrected chi connectivity index (χ3v) is 6.90. The Hall–Kier alpha value is 0.350. The van der Waals surface area contributed by atoms with Crippen LogP contribution in [0.2, 0.25) is 0 Å². The summed E-state index contributed by atoms with van der Waals surface area (Å²) in [5.41, 5.74) is 0. The molecule has 2 atom stereocenters. The van der Waals surface area contributed by atoms with Crippen molar-refractivity contribution in [3.8, 4) is 0 Å². The van der Waals surface area contributed by atoms with Gasteiger partial charge in [0, 0.05) is 0 Å². The summed E-state index contributed by atoms with van der Waals surface area (Å²) in [6.07, 6.45) is 1.18. The van der Waals surface area contributed by atoms with E-state index in [9.17, 15) is 0 Å². The summed E-state index contributed by atoms with van der Waals surface area (Å²) in [6.45, 7) is 11.0. The molecule has 76 valence electrons. The van der Waals surface area contributed by atoms with Crippen LogP contribution in [-0.4, -0.2) is 38.7 Å². The van der Waals surface area contributed by atoms with Gasteiger partial charge in [-0.05, 0) is 0 Å². The summed E-state index contributed by atoms with van der Waals surface area (Å²) in [5.74, 6) is 0.373. The Balaban J connectivity index is 3.93. The van der Waals surface area contributed by atoms with Crippen LogP contribution in [0.3, 0.4) is 0 Å². The molecule has 0 aliphatic rings. The van der Waals surface area contributed by atoms with Crippen molar-refractivity contribution >= 4 is 7.26 Å². The molecule has 0 saturated carbocycles. The van der Waals surface area contributed by atoms with E-state index in [0.29, 0.717) is 5.85 Å². The molecule has 0 rings (SSSR count). The Morgan fingerprint density at radius 1 is 1.25 bits per heavy atom. The van der Waals surface area contributed by atoms with Crippen LogP contribution in [0.15, 0.2) is 0 Å². The van der Waals surface area contributed by atoms with E-state index in [1.165, 1.54) is 6.16 Å². The normalized spacial score (nSPS) is 18.8. The van der Waals surface area contributed by atoms with Gasteiger partial charge in [0.15, 0.2) is 0 Å². The summed E-state index contributed by atoms with van der Waals surface area (Å²) >= 11 is 0. The number of rotatable bonds is 5. The zero-order valence-corrected chi connectivity index (χ0v) is 10.2. The minimum absolute atomic E-state index is 0.0710. The van der Waals surface area contributed by atoms with Crippen molar-refractivity contribution in [2.24, 2.45) is 0 Å². The molecule has 2 nitrogen and oxygen atoms in total. The third kappa shape index (κ3) is 3.84. The molecule has 0 amide bonds. The maximum absolute atomic E-state index is 5.69. The van der Waals surface area contributed by atoms with Crippen molar-refractivity contribution in [2.75, 3.05) is 26.6 Å².